The molecule has 178 valence electrons. The fourth-order valence-electron chi connectivity index (χ4n) is 4.93. The predicted octanol–water partition coefficient (Wildman–Crippen LogP) is 1.79. The molecule has 3 aliphatic rings. The van der Waals surface area contributed by atoms with Gasteiger partial charge in [-0.05, 0) is 50.4 Å². The third-order valence-corrected chi connectivity index (χ3v) is 6.63. The van der Waals surface area contributed by atoms with Crippen molar-refractivity contribution >= 4 is 34.8 Å². The van der Waals surface area contributed by atoms with Gasteiger partial charge in [0.1, 0.15) is 23.0 Å². The molecule has 11 heteroatoms. The van der Waals surface area contributed by atoms with E-state index in [1.165, 1.54) is 0 Å². The molecule has 0 radical (unpaired) electrons. The number of nitrogens with one attached hydrogen (secondary N) is 4. The maximum atomic E-state index is 13.1. The lowest BCUT2D eigenvalue weighted by molar-refractivity contribution is -0.123. The van der Waals surface area contributed by atoms with E-state index < -0.39 is 0 Å². The van der Waals surface area contributed by atoms with E-state index in [0.717, 1.165) is 68.7 Å². The van der Waals surface area contributed by atoms with E-state index >= 15 is 0 Å². The lowest BCUT2D eigenvalue weighted by Crippen LogP contribution is -2.51. The number of ether oxygens (including phenoxy) is 1. The Labute approximate surface area is 196 Å². The highest BCUT2D eigenvalue weighted by atomic mass is 16.5. The van der Waals surface area contributed by atoms with E-state index in [0.29, 0.717) is 24.2 Å². The summed E-state index contributed by atoms with van der Waals surface area (Å²) in [4.78, 5) is 20.0. The number of H-pyrrole nitrogens is 1. The highest BCUT2D eigenvalue weighted by Crippen LogP contribution is 2.28. The molecule has 2 fully saturated rings. The van der Waals surface area contributed by atoms with Crippen LogP contribution in [-0.2, 0) is 9.53 Å². The maximum Gasteiger partial charge on any atom is 0.246 e. The average Bonchev–Trinajstić information content (AvgIpc) is 3.66. The van der Waals surface area contributed by atoms with Crippen LogP contribution in [0.1, 0.15) is 37.8 Å². The Bertz CT molecular complexity index is 1210. The first-order valence-electron chi connectivity index (χ1n) is 12.0. The zero-order chi connectivity index (χ0) is 22.9. The van der Waals surface area contributed by atoms with Crippen LogP contribution in [0.5, 0.6) is 0 Å². The highest BCUT2D eigenvalue weighted by Gasteiger charge is 2.34. The van der Waals surface area contributed by atoms with Crippen LogP contribution in [0.2, 0.25) is 0 Å². The van der Waals surface area contributed by atoms with Gasteiger partial charge in [-0.1, -0.05) is 0 Å². The third kappa shape index (κ3) is 4.07. The molecular formula is C23H29N9O2. The Morgan fingerprint density at radius 1 is 1.26 bits per heavy atom. The van der Waals surface area contributed by atoms with E-state index in [2.05, 4.69) is 26.1 Å². The van der Waals surface area contributed by atoms with Crippen molar-refractivity contribution in [3.05, 3.63) is 36.2 Å². The molecule has 11 nitrogen and oxygen atoms in total. The molecule has 3 aliphatic heterocycles. The Balaban J connectivity index is 1.25. The number of hydrogen-bond donors (Lipinski definition) is 4. The molecule has 3 aromatic heterocycles. The van der Waals surface area contributed by atoms with Gasteiger partial charge in [-0.25, -0.2) is 4.52 Å². The molecule has 0 aromatic carbocycles. The summed E-state index contributed by atoms with van der Waals surface area (Å²) in [5.74, 6) is 2.68. The number of amides is 1. The second kappa shape index (κ2) is 8.98. The molecule has 34 heavy (non-hydrogen) atoms. The zero-order valence-electron chi connectivity index (χ0n) is 19.0. The normalized spacial score (nSPS) is 22.6. The minimum absolute atomic E-state index is 0.0543. The summed E-state index contributed by atoms with van der Waals surface area (Å²) in [6.45, 7) is 3.28. The predicted molar refractivity (Wildman–Crippen MR) is 128 cm³/mol. The smallest absolute Gasteiger partial charge is 0.246 e. The van der Waals surface area contributed by atoms with Gasteiger partial charge >= 0.3 is 0 Å². The van der Waals surface area contributed by atoms with Crippen LogP contribution in [0.3, 0.4) is 0 Å². The first-order valence-corrected chi connectivity index (χ1v) is 12.0. The summed E-state index contributed by atoms with van der Waals surface area (Å²) in [5, 5.41) is 22.0. The molecule has 4 N–H and O–H groups in total. The highest BCUT2D eigenvalue weighted by molar-refractivity contribution is 5.86. The fraction of sp³-hybridized carbons (Fsp3) is 0.478. The van der Waals surface area contributed by atoms with Crippen LogP contribution in [-0.4, -0.2) is 69.0 Å². The number of anilines is 3. The number of fused-ring (bicyclic) bond motifs is 1. The van der Waals surface area contributed by atoms with Gasteiger partial charge in [-0.3, -0.25) is 9.89 Å². The van der Waals surface area contributed by atoms with Crippen molar-refractivity contribution in [2.45, 2.75) is 44.2 Å². The molecule has 3 aromatic rings. The van der Waals surface area contributed by atoms with Crippen molar-refractivity contribution < 1.29 is 9.53 Å². The molecule has 0 spiro atoms. The largest absolute Gasteiger partial charge is 0.491 e. The van der Waals surface area contributed by atoms with E-state index in [1.54, 1.807) is 4.52 Å². The Morgan fingerprint density at radius 2 is 2.24 bits per heavy atom. The van der Waals surface area contributed by atoms with Gasteiger partial charge in [0.25, 0.3) is 0 Å². The number of rotatable bonds is 6. The van der Waals surface area contributed by atoms with Crippen molar-refractivity contribution in [2.75, 3.05) is 36.5 Å². The van der Waals surface area contributed by atoms with Crippen molar-refractivity contribution in [3.8, 4) is 0 Å². The lowest BCUT2D eigenvalue weighted by atomic mass is 10.1. The van der Waals surface area contributed by atoms with Gasteiger partial charge in [0.2, 0.25) is 11.9 Å². The van der Waals surface area contributed by atoms with E-state index in [9.17, 15) is 4.79 Å². The summed E-state index contributed by atoms with van der Waals surface area (Å²) in [6, 6.07) is 5.69. The monoisotopic (exact) mass is 463 g/mol. The Morgan fingerprint density at radius 3 is 3.09 bits per heavy atom. The summed E-state index contributed by atoms with van der Waals surface area (Å²) >= 11 is 0. The number of aromatic nitrogens is 5. The quantitative estimate of drug-likeness (QED) is 0.436. The van der Waals surface area contributed by atoms with Gasteiger partial charge < -0.3 is 25.6 Å². The first kappa shape index (κ1) is 21.0. The van der Waals surface area contributed by atoms with Crippen molar-refractivity contribution in [2.24, 2.45) is 0 Å². The molecule has 1 amide bonds. The number of aromatic amines is 1. The molecule has 2 atom stereocenters. The van der Waals surface area contributed by atoms with Crippen LogP contribution in [0.4, 0.5) is 17.6 Å². The molecule has 0 bridgehead atoms. The molecule has 0 aliphatic carbocycles. The van der Waals surface area contributed by atoms with Gasteiger partial charge in [-0.15, -0.1) is 5.10 Å². The minimum atomic E-state index is -0.272. The fourth-order valence-corrected chi connectivity index (χ4v) is 4.93. The third-order valence-electron chi connectivity index (χ3n) is 6.63. The molecule has 2 unspecified atom stereocenters. The number of carbonyl (C=O) groups is 1. The van der Waals surface area contributed by atoms with Crippen LogP contribution >= 0.6 is 0 Å². The maximum absolute atomic E-state index is 13.1. The van der Waals surface area contributed by atoms with Gasteiger partial charge in [0, 0.05) is 37.8 Å². The topological polar surface area (TPSA) is 124 Å². The number of nitrogens with zero attached hydrogens (tertiary/aromatic N) is 5. The summed E-state index contributed by atoms with van der Waals surface area (Å²) in [5.41, 5.74) is 1.66. The second-order valence-corrected chi connectivity index (χ2v) is 9.00. The van der Waals surface area contributed by atoms with Crippen LogP contribution in [0.25, 0.3) is 11.3 Å². The minimum Gasteiger partial charge on any atom is -0.491 e. The first-order chi connectivity index (χ1) is 16.7. The van der Waals surface area contributed by atoms with E-state index in [1.807, 2.05) is 35.4 Å². The van der Waals surface area contributed by atoms with Crippen LogP contribution < -0.4 is 20.9 Å². The lowest BCUT2D eigenvalue weighted by Gasteiger charge is -2.28. The number of hydrogen-bond acceptors (Lipinski definition) is 8. The van der Waals surface area contributed by atoms with Gasteiger partial charge in [-0.2, -0.15) is 10.1 Å². The van der Waals surface area contributed by atoms with Crippen LogP contribution in [0.15, 0.2) is 30.5 Å². The standard InChI is InChI=1S/C23H29N9O2/c33-22(25-15-5-1-9-24-14-15)18-7-2-10-31(18)23-27-21(17-6-3-11-32(17)30-23)26-20-13-16(28-29-20)19-8-4-12-34-19/h3,6,8,11,13,15,18,24H,1-2,4-5,7,9-10,12,14H2,(H,25,33)(H2,26,27,28,29,30). The van der Waals surface area contributed by atoms with Crippen LogP contribution in [0, 0.1) is 0 Å². The SMILES string of the molecule is O=C(NC1CCCNC1)C1CCCN1c1nc(Nc2cc(C3=CCCO3)[nH]n2)c2cccn2n1. The van der Waals surface area contributed by atoms with E-state index in [4.69, 9.17) is 14.8 Å². The molecule has 6 rings (SSSR count). The van der Waals surface area contributed by atoms with Gasteiger partial charge in [0.15, 0.2) is 11.6 Å². The molecular weight excluding hydrogens is 434 g/mol. The van der Waals surface area contributed by atoms with Crippen molar-refractivity contribution in [1.29, 1.82) is 0 Å². The number of piperidine rings is 1. The Kier molecular flexibility index (Phi) is 5.54. The molecule has 2 saturated heterocycles. The average molecular weight is 464 g/mol. The summed E-state index contributed by atoms with van der Waals surface area (Å²) in [6.07, 6.45) is 8.65. The second-order valence-electron chi connectivity index (χ2n) is 9.00. The van der Waals surface area contributed by atoms with Crippen molar-refractivity contribution in [1.82, 2.24) is 35.4 Å². The molecule has 6 heterocycles. The Hall–Kier alpha value is -3.60. The van der Waals surface area contributed by atoms with Gasteiger partial charge in [0.05, 0.1) is 6.61 Å². The summed E-state index contributed by atoms with van der Waals surface area (Å²) < 4.78 is 7.41. The number of carbonyl (C=O) groups excluding carboxylic acids is 1. The van der Waals surface area contributed by atoms with E-state index in [-0.39, 0.29) is 18.0 Å². The summed E-state index contributed by atoms with van der Waals surface area (Å²) in [7, 11) is 0. The zero-order valence-corrected chi connectivity index (χ0v) is 19.0. The molecule has 0 saturated carbocycles. The van der Waals surface area contributed by atoms with Crippen molar-refractivity contribution in [3.63, 3.8) is 0 Å².